The van der Waals surface area contributed by atoms with Crippen molar-refractivity contribution in [3.8, 4) is 0 Å². The summed E-state index contributed by atoms with van der Waals surface area (Å²) in [5, 5.41) is 11.8. The van der Waals surface area contributed by atoms with Crippen LogP contribution in [0.5, 0.6) is 0 Å². The van der Waals surface area contributed by atoms with E-state index < -0.39 is 12.0 Å². The molecule has 0 fully saturated rings. The lowest BCUT2D eigenvalue weighted by Gasteiger charge is -2.14. The molecule has 4 N–H and O–H groups in total. The highest BCUT2D eigenvalue weighted by Crippen LogP contribution is 2.05. The largest absolute Gasteiger partial charge is 0.480 e. The lowest BCUT2D eigenvalue weighted by atomic mass is 10.1. The molecule has 0 saturated heterocycles. The van der Waals surface area contributed by atoms with Crippen LogP contribution in [0.4, 0.5) is 0 Å². The van der Waals surface area contributed by atoms with Crippen LogP contribution in [-0.4, -0.2) is 29.6 Å². The zero-order valence-electron chi connectivity index (χ0n) is 18.3. The first kappa shape index (κ1) is 27.1. The van der Waals surface area contributed by atoms with Gasteiger partial charge in [-0.05, 0) is 70.8 Å². The zero-order chi connectivity index (χ0) is 21.6. The molecule has 1 atom stereocenters. The zero-order valence-corrected chi connectivity index (χ0v) is 18.3. The second kappa shape index (κ2) is 20.8. The van der Waals surface area contributed by atoms with Gasteiger partial charge in [0.2, 0.25) is 5.91 Å². The smallest absolute Gasteiger partial charge is 0.326 e. The first-order chi connectivity index (χ1) is 14.1. The van der Waals surface area contributed by atoms with E-state index in [0.29, 0.717) is 25.8 Å². The molecule has 5 nitrogen and oxygen atoms in total. The number of carbonyl (C=O) groups excluding carboxylic acids is 1. The van der Waals surface area contributed by atoms with Gasteiger partial charge in [0.25, 0.3) is 0 Å². The number of carbonyl (C=O) groups is 2. The monoisotopic (exact) mass is 406 g/mol. The maximum atomic E-state index is 11.9. The number of allylic oxidation sites excluding steroid dienone is 6. The minimum Gasteiger partial charge on any atom is -0.480 e. The predicted octanol–water partition coefficient (Wildman–Crippen LogP) is 5.27. The molecule has 0 rings (SSSR count). The van der Waals surface area contributed by atoms with E-state index >= 15 is 0 Å². The van der Waals surface area contributed by atoms with E-state index in [2.05, 4.69) is 48.7 Å². The minimum absolute atomic E-state index is 0.181. The van der Waals surface area contributed by atoms with E-state index in [1.54, 1.807) is 0 Å². The van der Waals surface area contributed by atoms with Crippen LogP contribution in [-0.2, 0) is 9.59 Å². The van der Waals surface area contributed by atoms with Gasteiger partial charge in [0.1, 0.15) is 6.04 Å². The van der Waals surface area contributed by atoms with Gasteiger partial charge >= 0.3 is 5.97 Å². The van der Waals surface area contributed by atoms with Gasteiger partial charge in [-0.2, -0.15) is 0 Å². The Hall–Kier alpha value is -1.88. The molecule has 0 saturated carbocycles. The summed E-state index contributed by atoms with van der Waals surface area (Å²) >= 11 is 0. The van der Waals surface area contributed by atoms with Crippen molar-refractivity contribution in [2.75, 3.05) is 6.54 Å². The molecule has 0 aromatic carbocycles. The van der Waals surface area contributed by atoms with Crippen molar-refractivity contribution in [3.63, 3.8) is 0 Å². The van der Waals surface area contributed by atoms with Crippen LogP contribution >= 0.6 is 0 Å². The predicted molar refractivity (Wildman–Crippen MR) is 122 cm³/mol. The fourth-order valence-electron chi connectivity index (χ4n) is 2.85. The van der Waals surface area contributed by atoms with Crippen molar-refractivity contribution >= 4 is 11.9 Å². The second-order valence-corrected chi connectivity index (χ2v) is 7.37. The van der Waals surface area contributed by atoms with Crippen LogP contribution in [0.2, 0.25) is 0 Å². The van der Waals surface area contributed by atoms with Crippen molar-refractivity contribution in [3.05, 3.63) is 36.5 Å². The maximum Gasteiger partial charge on any atom is 0.326 e. The molecule has 0 bridgehead atoms. The van der Waals surface area contributed by atoms with Gasteiger partial charge in [0.15, 0.2) is 0 Å². The number of aliphatic carboxylic acids is 1. The van der Waals surface area contributed by atoms with E-state index in [9.17, 15) is 9.59 Å². The SMILES string of the molecule is CCCCC/C=C\C/C=C\C/C=C\CCCCC(=O)N[C@@H](CCCCN)C(=O)O. The van der Waals surface area contributed by atoms with E-state index in [1.807, 2.05) is 0 Å². The molecule has 0 aromatic heterocycles. The molecule has 1 amide bonds. The third-order valence-corrected chi connectivity index (χ3v) is 4.62. The molecule has 0 aliphatic heterocycles. The molecular weight excluding hydrogens is 364 g/mol. The highest BCUT2D eigenvalue weighted by Gasteiger charge is 2.18. The summed E-state index contributed by atoms with van der Waals surface area (Å²) in [5.74, 6) is -1.15. The normalized spacial score (nSPS) is 12.9. The first-order valence-corrected chi connectivity index (χ1v) is 11.3. The second-order valence-electron chi connectivity index (χ2n) is 7.37. The number of hydrogen-bond acceptors (Lipinski definition) is 3. The van der Waals surface area contributed by atoms with Gasteiger partial charge in [-0.1, -0.05) is 56.2 Å². The van der Waals surface area contributed by atoms with Crippen LogP contribution in [0.25, 0.3) is 0 Å². The van der Waals surface area contributed by atoms with E-state index in [0.717, 1.165) is 38.5 Å². The number of unbranched alkanes of at least 4 members (excludes halogenated alkanes) is 6. The van der Waals surface area contributed by atoms with Crippen molar-refractivity contribution < 1.29 is 14.7 Å². The van der Waals surface area contributed by atoms with Crippen LogP contribution < -0.4 is 11.1 Å². The fraction of sp³-hybridized carbons (Fsp3) is 0.667. The van der Waals surface area contributed by atoms with Crippen molar-refractivity contribution in [2.45, 2.75) is 96.4 Å². The number of carboxylic acids is 1. The molecule has 29 heavy (non-hydrogen) atoms. The Labute approximate surface area is 177 Å². The molecule has 5 heteroatoms. The van der Waals surface area contributed by atoms with E-state index in [1.165, 1.54) is 25.7 Å². The van der Waals surface area contributed by atoms with Crippen LogP contribution in [0, 0.1) is 0 Å². The van der Waals surface area contributed by atoms with Gasteiger partial charge in [0, 0.05) is 6.42 Å². The Morgan fingerprint density at radius 1 is 0.862 bits per heavy atom. The Kier molecular flexibility index (Phi) is 19.5. The lowest BCUT2D eigenvalue weighted by molar-refractivity contribution is -0.142. The van der Waals surface area contributed by atoms with Gasteiger partial charge < -0.3 is 16.2 Å². The van der Waals surface area contributed by atoms with Gasteiger partial charge in [-0.25, -0.2) is 4.79 Å². The molecule has 0 unspecified atom stereocenters. The Balaban J connectivity index is 3.70. The van der Waals surface area contributed by atoms with Gasteiger partial charge in [-0.3, -0.25) is 4.79 Å². The van der Waals surface area contributed by atoms with Crippen LogP contribution in [0.3, 0.4) is 0 Å². The third-order valence-electron chi connectivity index (χ3n) is 4.62. The molecular formula is C24H42N2O3. The Bertz CT molecular complexity index is 498. The Morgan fingerprint density at radius 2 is 1.45 bits per heavy atom. The average molecular weight is 407 g/mol. The molecule has 0 radical (unpaired) electrons. The topological polar surface area (TPSA) is 92.4 Å². The molecule has 0 aromatic rings. The summed E-state index contributed by atoms with van der Waals surface area (Å²) in [7, 11) is 0. The number of rotatable bonds is 19. The number of nitrogens with two attached hydrogens (primary N) is 1. The number of amides is 1. The molecule has 0 heterocycles. The Morgan fingerprint density at radius 3 is 2.00 bits per heavy atom. The van der Waals surface area contributed by atoms with Crippen molar-refractivity contribution in [1.29, 1.82) is 0 Å². The van der Waals surface area contributed by atoms with Crippen molar-refractivity contribution in [1.82, 2.24) is 5.32 Å². The van der Waals surface area contributed by atoms with E-state index in [4.69, 9.17) is 10.8 Å². The van der Waals surface area contributed by atoms with E-state index in [-0.39, 0.29) is 5.91 Å². The fourth-order valence-corrected chi connectivity index (χ4v) is 2.85. The van der Waals surface area contributed by atoms with Gasteiger partial charge in [-0.15, -0.1) is 0 Å². The minimum atomic E-state index is -0.974. The highest BCUT2D eigenvalue weighted by molar-refractivity contribution is 5.83. The maximum absolute atomic E-state index is 11.9. The summed E-state index contributed by atoms with van der Waals surface area (Å²) in [6, 6.07) is -0.799. The van der Waals surface area contributed by atoms with Crippen LogP contribution in [0.1, 0.15) is 90.4 Å². The summed E-state index contributed by atoms with van der Waals surface area (Å²) in [5.41, 5.74) is 5.42. The summed E-state index contributed by atoms with van der Waals surface area (Å²) in [6.45, 7) is 2.76. The quantitative estimate of drug-likeness (QED) is 0.201. The highest BCUT2D eigenvalue weighted by atomic mass is 16.4. The van der Waals surface area contributed by atoms with Crippen molar-refractivity contribution in [2.24, 2.45) is 5.73 Å². The third kappa shape index (κ3) is 19.2. The molecule has 0 aliphatic carbocycles. The standard InChI is InChI=1S/C24H42N2O3/c1-2-3-4-5-6-7-8-9-10-11-12-13-14-15-16-20-23(27)26-22(24(28)29)19-17-18-21-25/h6-7,9-10,12-13,22H,2-5,8,11,14-21,25H2,1H3,(H,26,27)(H,28,29)/b7-6-,10-9-,13-12-/t22-/m0/s1. The summed E-state index contributed by atoms with van der Waals surface area (Å²) in [6.07, 6.45) is 25.1. The number of hydrogen-bond donors (Lipinski definition) is 3. The summed E-state index contributed by atoms with van der Waals surface area (Å²) in [4.78, 5) is 23.1. The van der Waals surface area contributed by atoms with Gasteiger partial charge in [0.05, 0.1) is 0 Å². The van der Waals surface area contributed by atoms with Crippen LogP contribution in [0.15, 0.2) is 36.5 Å². The molecule has 166 valence electrons. The molecule has 0 aliphatic rings. The summed E-state index contributed by atoms with van der Waals surface area (Å²) < 4.78 is 0. The molecule has 0 spiro atoms. The average Bonchev–Trinajstić information content (AvgIpc) is 2.70. The lowest BCUT2D eigenvalue weighted by Crippen LogP contribution is -2.40. The number of nitrogens with one attached hydrogen (secondary N) is 1. The number of carboxylic acid groups (broad SMARTS) is 1. The first-order valence-electron chi connectivity index (χ1n) is 11.3.